The molecule has 14 heavy (non-hydrogen) atoms. The van der Waals surface area contributed by atoms with E-state index in [1.807, 2.05) is 0 Å². The summed E-state index contributed by atoms with van der Waals surface area (Å²) >= 11 is 0. The molecule has 0 saturated heterocycles. The number of hydrogen-bond donors (Lipinski definition) is 0. The highest BCUT2D eigenvalue weighted by Gasteiger charge is 2.26. The van der Waals surface area contributed by atoms with E-state index in [2.05, 4.69) is 6.92 Å². The Kier molecular flexibility index (Phi) is 4.36. The summed E-state index contributed by atoms with van der Waals surface area (Å²) in [5, 5.41) is 0. The van der Waals surface area contributed by atoms with E-state index in [0.717, 1.165) is 19.3 Å². The van der Waals surface area contributed by atoms with E-state index in [1.165, 1.54) is 18.8 Å². The van der Waals surface area contributed by atoms with Crippen LogP contribution in [0.25, 0.3) is 0 Å². The van der Waals surface area contributed by atoms with Gasteiger partial charge >= 0.3 is 0 Å². The molecule has 0 bridgehead atoms. The van der Waals surface area contributed by atoms with Gasteiger partial charge in [-0.3, -0.25) is 9.59 Å². The van der Waals surface area contributed by atoms with E-state index < -0.39 is 17.7 Å². The number of rotatable bonds is 5. The van der Waals surface area contributed by atoms with Crippen molar-refractivity contribution < 1.29 is 14.3 Å². The van der Waals surface area contributed by atoms with Gasteiger partial charge in [0.05, 0.1) is 6.26 Å². The molecule has 0 aromatic carbocycles. The molecule has 0 aromatic rings. The van der Waals surface area contributed by atoms with Gasteiger partial charge in [0, 0.05) is 6.08 Å². The van der Waals surface area contributed by atoms with Crippen molar-refractivity contribution >= 4 is 11.6 Å². The van der Waals surface area contributed by atoms with Gasteiger partial charge in [0.1, 0.15) is 0 Å². The topological polar surface area (TPSA) is 43.4 Å². The van der Waals surface area contributed by atoms with Crippen molar-refractivity contribution in [2.24, 2.45) is 0 Å². The quantitative estimate of drug-likeness (QED) is 0.499. The van der Waals surface area contributed by atoms with Gasteiger partial charge in [-0.15, -0.1) is 0 Å². The number of ether oxygens (including phenoxy) is 1. The molecule has 0 aromatic heterocycles. The lowest BCUT2D eigenvalue weighted by Crippen LogP contribution is -2.31. The third-order valence-corrected chi connectivity index (χ3v) is 2.32. The second-order valence-electron chi connectivity index (χ2n) is 3.51. The molecule has 1 rings (SSSR count). The molecule has 1 heterocycles. The SMILES string of the molecule is CCCCCCC1OC=CC(=O)C1=O. The van der Waals surface area contributed by atoms with Crippen LogP contribution in [0.5, 0.6) is 0 Å². The lowest BCUT2D eigenvalue weighted by molar-refractivity contribution is -0.141. The highest BCUT2D eigenvalue weighted by Crippen LogP contribution is 2.12. The first-order valence-corrected chi connectivity index (χ1v) is 5.16. The molecule has 1 atom stereocenters. The zero-order chi connectivity index (χ0) is 10.4. The first kappa shape index (κ1) is 11.0. The van der Waals surface area contributed by atoms with Crippen molar-refractivity contribution in [1.82, 2.24) is 0 Å². The smallest absolute Gasteiger partial charge is 0.243 e. The van der Waals surface area contributed by atoms with Crippen LogP contribution in [0.2, 0.25) is 0 Å². The predicted octanol–water partition coefficient (Wildman–Crippen LogP) is 2.01. The minimum absolute atomic E-state index is 0.399. The second-order valence-corrected chi connectivity index (χ2v) is 3.51. The van der Waals surface area contributed by atoms with Gasteiger partial charge in [0.25, 0.3) is 0 Å². The standard InChI is InChI=1S/C11H16O3/c1-2-3-4-5-6-10-11(13)9(12)7-8-14-10/h7-8,10H,2-6H2,1H3. The number of carbonyl (C=O) groups is 2. The summed E-state index contributed by atoms with van der Waals surface area (Å²) < 4.78 is 5.09. The average molecular weight is 196 g/mol. The van der Waals surface area contributed by atoms with Crippen molar-refractivity contribution in [2.45, 2.75) is 45.1 Å². The molecule has 0 saturated carbocycles. The van der Waals surface area contributed by atoms with Crippen LogP contribution in [-0.4, -0.2) is 17.7 Å². The molecule has 3 nitrogen and oxygen atoms in total. The van der Waals surface area contributed by atoms with E-state index in [4.69, 9.17) is 4.74 Å². The van der Waals surface area contributed by atoms with Crippen LogP contribution in [0, 0.1) is 0 Å². The van der Waals surface area contributed by atoms with Crippen molar-refractivity contribution in [3.63, 3.8) is 0 Å². The Bertz CT molecular complexity index is 243. The lowest BCUT2D eigenvalue weighted by atomic mass is 10.0. The van der Waals surface area contributed by atoms with Crippen molar-refractivity contribution in [1.29, 1.82) is 0 Å². The summed E-state index contributed by atoms with van der Waals surface area (Å²) in [7, 11) is 0. The van der Waals surface area contributed by atoms with Crippen LogP contribution in [0.1, 0.15) is 39.0 Å². The van der Waals surface area contributed by atoms with Crippen LogP contribution in [0.4, 0.5) is 0 Å². The molecule has 0 amide bonds. The third kappa shape index (κ3) is 2.98. The molecular formula is C11H16O3. The van der Waals surface area contributed by atoms with Gasteiger partial charge in [0.2, 0.25) is 11.6 Å². The summed E-state index contributed by atoms with van der Waals surface area (Å²) in [6.45, 7) is 2.13. The van der Waals surface area contributed by atoms with E-state index in [0.29, 0.717) is 6.42 Å². The molecule has 3 heteroatoms. The van der Waals surface area contributed by atoms with Gasteiger partial charge in [-0.2, -0.15) is 0 Å². The number of ketones is 2. The summed E-state index contributed by atoms with van der Waals surface area (Å²) in [5.74, 6) is -0.833. The Hall–Kier alpha value is -1.12. The third-order valence-electron chi connectivity index (χ3n) is 2.32. The molecule has 0 N–H and O–H groups in total. The lowest BCUT2D eigenvalue weighted by Gasteiger charge is -2.16. The van der Waals surface area contributed by atoms with Crippen molar-refractivity contribution in [2.75, 3.05) is 0 Å². The minimum atomic E-state index is -0.524. The maximum Gasteiger partial charge on any atom is 0.243 e. The summed E-state index contributed by atoms with van der Waals surface area (Å²) in [6, 6.07) is 0. The van der Waals surface area contributed by atoms with Crippen LogP contribution < -0.4 is 0 Å². The predicted molar refractivity (Wildman–Crippen MR) is 52.8 cm³/mol. The minimum Gasteiger partial charge on any atom is -0.490 e. The Morgan fingerprint density at radius 1 is 1.29 bits per heavy atom. The summed E-state index contributed by atoms with van der Waals surface area (Å²) in [4.78, 5) is 22.2. The van der Waals surface area contributed by atoms with E-state index >= 15 is 0 Å². The molecule has 1 aliphatic rings. The zero-order valence-corrected chi connectivity index (χ0v) is 8.49. The average Bonchev–Trinajstić information content (AvgIpc) is 2.19. The zero-order valence-electron chi connectivity index (χ0n) is 8.49. The Balaban J connectivity index is 2.27. The number of unbranched alkanes of at least 4 members (excludes halogenated alkanes) is 3. The fourth-order valence-electron chi connectivity index (χ4n) is 1.45. The highest BCUT2D eigenvalue weighted by atomic mass is 16.5. The molecule has 0 aliphatic carbocycles. The maximum atomic E-state index is 11.3. The van der Waals surface area contributed by atoms with Crippen LogP contribution >= 0.6 is 0 Å². The van der Waals surface area contributed by atoms with Crippen LogP contribution in [0.15, 0.2) is 12.3 Å². The molecule has 0 radical (unpaired) electrons. The molecule has 0 fully saturated rings. The monoisotopic (exact) mass is 196 g/mol. The number of Topliss-reactive ketones (excluding diaryl/α,β-unsaturated/α-hetero) is 1. The fraction of sp³-hybridized carbons (Fsp3) is 0.636. The Labute approximate surface area is 84.1 Å². The largest absolute Gasteiger partial charge is 0.490 e. The van der Waals surface area contributed by atoms with Crippen molar-refractivity contribution in [3.05, 3.63) is 12.3 Å². The molecular weight excluding hydrogens is 180 g/mol. The first-order valence-electron chi connectivity index (χ1n) is 5.16. The molecule has 1 unspecified atom stereocenters. The molecule has 78 valence electrons. The fourth-order valence-corrected chi connectivity index (χ4v) is 1.45. The van der Waals surface area contributed by atoms with Gasteiger partial charge in [0.15, 0.2) is 6.10 Å². The van der Waals surface area contributed by atoms with E-state index in [1.54, 1.807) is 0 Å². The van der Waals surface area contributed by atoms with Crippen LogP contribution in [-0.2, 0) is 14.3 Å². The van der Waals surface area contributed by atoms with Crippen LogP contribution in [0.3, 0.4) is 0 Å². The van der Waals surface area contributed by atoms with Crippen molar-refractivity contribution in [3.8, 4) is 0 Å². The summed E-state index contributed by atoms with van der Waals surface area (Å²) in [5.41, 5.74) is 0. The van der Waals surface area contributed by atoms with E-state index in [-0.39, 0.29) is 0 Å². The maximum absolute atomic E-state index is 11.3. The van der Waals surface area contributed by atoms with Gasteiger partial charge in [-0.05, 0) is 12.8 Å². The number of hydrogen-bond acceptors (Lipinski definition) is 3. The number of allylic oxidation sites excluding steroid dienone is 1. The van der Waals surface area contributed by atoms with Gasteiger partial charge in [-0.25, -0.2) is 0 Å². The summed E-state index contributed by atoms with van der Waals surface area (Å²) in [6.07, 6.45) is 7.04. The molecule has 0 spiro atoms. The van der Waals surface area contributed by atoms with E-state index in [9.17, 15) is 9.59 Å². The highest BCUT2D eigenvalue weighted by molar-refractivity contribution is 6.43. The van der Waals surface area contributed by atoms with Gasteiger partial charge in [-0.1, -0.05) is 26.2 Å². The molecule has 1 aliphatic heterocycles. The Morgan fingerprint density at radius 2 is 2.07 bits per heavy atom. The first-order chi connectivity index (χ1) is 6.75. The Morgan fingerprint density at radius 3 is 2.79 bits per heavy atom. The normalized spacial score (nSPS) is 21.1. The second kappa shape index (κ2) is 5.58. The van der Waals surface area contributed by atoms with Gasteiger partial charge < -0.3 is 4.74 Å². The number of carbonyl (C=O) groups excluding carboxylic acids is 2.